The Labute approximate surface area is 241 Å². The van der Waals surface area contributed by atoms with Crippen molar-refractivity contribution in [2.45, 2.75) is 59.3 Å². The van der Waals surface area contributed by atoms with Gasteiger partial charge in [-0.1, -0.05) is 125 Å². The summed E-state index contributed by atoms with van der Waals surface area (Å²) in [6.07, 6.45) is 0. The van der Waals surface area contributed by atoms with Crippen LogP contribution in [0.2, 0.25) is 0 Å². The fourth-order valence-corrected chi connectivity index (χ4v) is 6.41. The molecule has 0 bridgehead atoms. The van der Waals surface area contributed by atoms with Crippen molar-refractivity contribution in [2.75, 3.05) is 4.90 Å². The van der Waals surface area contributed by atoms with Crippen LogP contribution in [0.4, 0.5) is 17.1 Å². The maximum atomic E-state index is 2.39. The normalized spacial score (nSPS) is 13.5. The summed E-state index contributed by atoms with van der Waals surface area (Å²) in [7, 11) is 0. The summed E-state index contributed by atoms with van der Waals surface area (Å²) in [4.78, 5) is 2.39. The number of para-hydroxylation sites is 2. The van der Waals surface area contributed by atoms with Crippen molar-refractivity contribution < 1.29 is 0 Å². The third-order valence-corrected chi connectivity index (χ3v) is 8.53. The van der Waals surface area contributed by atoms with Gasteiger partial charge in [-0.3, -0.25) is 0 Å². The highest BCUT2D eigenvalue weighted by Crippen LogP contribution is 2.51. The average Bonchev–Trinajstić information content (AvgIpc) is 2.94. The van der Waals surface area contributed by atoms with E-state index in [1.54, 1.807) is 0 Å². The number of nitrogens with zero attached hydrogens (tertiary/aromatic N) is 1. The van der Waals surface area contributed by atoms with Crippen LogP contribution in [0.25, 0.3) is 0 Å². The first kappa shape index (κ1) is 27.5. The molecule has 0 spiro atoms. The molecule has 1 nitrogen and oxygen atoms in total. The van der Waals surface area contributed by atoms with Crippen LogP contribution in [0.1, 0.15) is 66.6 Å². The smallest absolute Gasteiger partial charge is 0.0502 e. The van der Waals surface area contributed by atoms with Gasteiger partial charge < -0.3 is 4.90 Å². The van der Waals surface area contributed by atoms with Crippen LogP contribution >= 0.6 is 0 Å². The van der Waals surface area contributed by atoms with Crippen LogP contribution in [-0.4, -0.2) is 0 Å². The van der Waals surface area contributed by atoms with E-state index in [0.717, 1.165) is 0 Å². The van der Waals surface area contributed by atoms with Crippen molar-refractivity contribution in [3.05, 3.63) is 160 Å². The van der Waals surface area contributed by atoms with E-state index in [0.29, 0.717) is 0 Å². The van der Waals surface area contributed by atoms with Gasteiger partial charge in [0.15, 0.2) is 0 Å². The van der Waals surface area contributed by atoms with E-state index < -0.39 is 0 Å². The van der Waals surface area contributed by atoms with Gasteiger partial charge in [0.05, 0.1) is 11.4 Å². The Morgan fingerprint density at radius 3 is 1.45 bits per heavy atom. The lowest BCUT2D eigenvalue weighted by atomic mass is 9.73. The maximum Gasteiger partial charge on any atom is 0.0502 e. The van der Waals surface area contributed by atoms with Crippen molar-refractivity contribution in [3.8, 4) is 0 Å². The molecule has 202 valence electrons. The van der Waals surface area contributed by atoms with Gasteiger partial charge in [-0.15, -0.1) is 0 Å². The van der Waals surface area contributed by atoms with Crippen LogP contribution in [-0.2, 0) is 10.8 Å². The molecule has 0 aliphatic carbocycles. The van der Waals surface area contributed by atoms with E-state index in [1.807, 2.05) is 0 Å². The molecule has 0 N–H and O–H groups in total. The minimum absolute atomic E-state index is 0.00745. The zero-order valence-electron chi connectivity index (χ0n) is 25.0. The first-order chi connectivity index (χ1) is 19.1. The topological polar surface area (TPSA) is 3.24 Å². The average molecular weight is 524 g/mol. The molecule has 5 aromatic carbocycles. The van der Waals surface area contributed by atoms with Crippen LogP contribution in [0, 0.1) is 20.8 Å². The van der Waals surface area contributed by atoms with Crippen molar-refractivity contribution in [1.82, 2.24) is 0 Å². The zero-order valence-corrected chi connectivity index (χ0v) is 25.0. The van der Waals surface area contributed by atoms with E-state index in [9.17, 15) is 0 Å². The summed E-state index contributed by atoms with van der Waals surface area (Å²) in [6, 6.07) is 43.6. The monoisotopic (exact) mass is 523 g/mol. The van der Waals surface area contributed by atoms with Gasteiger partial charge in [0.25, 0.3) is 0 Å². The number of rotatable bonds is 3. The summed E-state index contributed by atoms with van der Waals surface area (Å²) in [5.74, 6) is 0. The molecule has 1 heteroatoms. The van der Waals surface area contributed by atoms with Gasteiger partial charge in [0.2, 0.25) is 0 Å². The van der Waals surface area contributed by atoms with Gasteiger partial charge in [-0.25, -0.2) is 0 Å². The fourth-order valence-electron chi connectivity index (χ4n) is 6.41. The Hall–Kier alpha value is -4.10. The van der Waals surface area contributed by atoms with Crippen molar-refractivity contribution in [3.63, 3.8) is 0 Å². The first-order valence-electron chi connectivity index (χ1n) is 14.3. The van der Waals surface area contributed by atoms with Gasteiger partial charge >= 0.3 is 0 Å². The predicted molar refractivity (Wildman–Crippen MR) is 172 cm³/mol. The Morgan fingerprint density at radius 1 is 0.525 bits per heavy atom. The number of aryl methyl sites for hydroxylation is 3. The summed E-state index contributed by atoms with van der Waals surface area (Å²) in [5.41, 5.74) is 13.4. The predicted octanol–water partition coefficient (Wildman–Crippen LogP) is 10.7. The van der Waals surface area contributed by atoms with Crippen molar-refractivity contribution >= 4 is 17.1 Å². The van der Waals surface area contributed by atoms with Crippen LogP contribution in [0.3, 0.4) is 0 Å². The molecule has 0 radical (unpaired) electrons. The lowest BCUT2D eigenvalue weighted by Gasteiger charge is -2.42. The van der Waals surface area contributed by atoms with Crippen molar-refractivity contribution in [2.24, 2.45) is 0 Å². The quantitative estimate of drug-likeness (QED) is 0.227. The maximum absolute atomic E-state index is 2.39. The van der Waals surface area contributed by atoms with Crippen molar-refractivity contribution in [1.29, 1.82) is 0 Å². The number of fused-ring (bicyclic) bond motifs is 2. The highest BCUT2D eigenvalue weighted by Gasteiger charge is 2.36. The Kier molecular flexibility index (Phi) is 7.43. The van der Waals surface area contributed by atoms with Crippen LogP contribution in [0.5, 0.6) is 0 Å². The highest BCUT2D eigenvalue weighted by atomic mass is 15.2. The Morgan fingerprint density at radius 2 is 0.975 bits per heavy atom. The largest absolute Gasteiger partial charge is 0.310 e. The molecule has 40 heavy (non-hydrogen) atoms. The molecule has 0 amide bonds. The summed E-state index contributed by atoms with van der Waals surface area (Å²) >= 11 is 0. The van der Waals surface area contributed by atoms with E-state index in [2.05, 4.69) is 175 Å². The first-order valence-corrected chi connectivity index (χ1v) is 14.3. The van der Waals surface area contributed by atoms with E-state index >= 15 is 0 Å². The molecule has 6 rings (SSSR count). The van der Waals surface area contributed by atoms with Gasteiger partial charge in [0, 0.05) is 16.5 Å². The third kappa shape index (κ3) is 4.97. The van der Waals surface area contributed by atoms with Gasteiger partial charge in [0.1, 0.15) is 0 Å². The summed E-state index contributed by atoms with van der Waals surface area (Å²) in [5, 5.41) is 0. The number of benzene rings is 5. The lowest BCUT2D eigenvalue weighted by molar-refractivity contribution is 0.631. The number of anilines is 3. The molecular formula is C39H41N. The fraction of sp³-hybridized carbons (Fsp3) is 0.231. The SMILES string of the molecule is Cc1cccc(N2c3ccccc3C(C)(C)c3ccccc32)c1.Cc1ccccc1C(C)(C)c1ccccc1C. The lowest BCUT2D eigenvalue weighted by Crippen LogP contribution is -2.30. The molecule has 5 aromatic rings. The van der Waals surface area contributed by atoms with E-state index in [-0.39, 0.29) is 10.8 Å². The molecule has 0 saturated carbocycles. The van der Waals surface area contributed by atoms with Crippen LogP contribution < -0.4 is 4.90 Å². The minimum Gasteiger partial charge on any atom is -0.310 e. The highest BCUT2D eigenvalue weighted by molar-refractivity contribution is 5.85. The number of hydrogen-bond acceptors (Lipinski definition) is 1. The molecule has 0 fully saturated rings. The van der Waals surface area contributed by atoms with E-state index in [1.165, 1.54) is 56.0 Å². The molecular weight excluding hydrogens is 482 g/mol. The summed E-state index contributed by atoms with van der Waals surface area (Å²) < 4.78 is 0. The Bertz CT molecular complexity index is 1540. The minimum atomic E-state index is 0.00745. The molecule has 1 aliphatic rings. The summed E-state index contributed by atoms with van der Waals surface area (Å²) in [6.45, 7) is 15.8. The van der Waals surface area contributed by atoms with E-state index in [4.69, 9.17) is 0 Å². The zero-order chi connectivity index (χ0) is 28.5. The second-order valence-electron chi connectivity index (χ2n) is 12.1. The standard InChI is InChI=1S/C22H21N.C17H20/c1-16-9-8-10-17(15-16)23-20-13-6-4-11-18(20)22(2,3)19-12-5-7-14-21(19)23;1-13-9-5-7-11-15(13)17(3,4)16-12-8-6-10-14(16)2/h4-15H,1-3H3;5-12H,1-4H3. The third-order valence-electron chi connectivity index (χ3n) is 8.53. The molecule has 0 saturated heterocycles. The molecule has 1 heterocycles. The van der Waals surface area contributed by atoms with Crippen LogP contribution in [0.15, 0.2) is 121 Å². The number of hydrogen-bond donors (Lipinski definition) is 0. The van der Waals surface area contributed by atoms with Gasteiger partial charge in [-0.05, 0) is 84.0 Å². The molecule has 0 aromatic heterocycles. The van der Waals surface area contributed by atoms with Gasteiger partial charge in [-0.2, -0.15) is 0 Å². The molecule has 1 aliphatic heterocycles. The second kappa shape index (κ2) is 10.8. The second-order valence-corrected chi connectivity index (χ2v) is 12.1. The molecule has 0 atom stereocenters. The molecule has 0 unspecified atom stereocenters. The Balaban J connectivity index is 0.000000170.